The van der Waals surface area contributed by atoms with Crippen molar-refractivity contribution >= 4 is 11.7 Å². The molecular formula is C23H26F3N7O2. The highest BCUT2D eigenvalue weighted by Crippen LogP contribution is 2.30. The van der Waals surface area contributed by atoms with Crippen LogP contribution in [0.5, 0.6) is 0 Å². The van der Waals surface area contributed by atoms with Gasteiger partial charge in [-0.3, -0.25) is 4.79 Å². The molecule has 3 atom stereocenters. The van der Waals surface area contributed by atoms with Crippen LogP contribution in [-0.4, -0.2) is 67.1 Å². The average Bonchev–Trinajstić information content (AvgIpc) is 3.36. The molecule has 0 bridgehead atoms. The smallest absolute Gasteiger partial charge is 0.372 e. The second-order valence-corrected chi connectivity index (χ2v) is 8.33. The molecule has 4 heterocycles. The third-order valence-electron chi connectivity index (χ3n) is 5.70. The zero-order valence-electron chi connectivity index (χ0n) is 22.2. The van der Waals surface area contributed by atoms with Crippen molar-refractivity contribution in [2.45, 2.75) is 52.0 Å². The summed E-state index contributed by atoms with van der Waals surface area (Å²) in [5.41, 5.74) is -0.780. The van der Waals surface area contributed by atoms with Gasteiger partial charge in [-0.1, -0.05) is 0 Å². The first-order valence-electron chi connectivity index (χ1n) is 12.4. The van der Waals surface area contributed by atoms with Crippen LogP contribution in [0.4, 0.5) is 19.0 Å². The van der Waals surface area contributed by atoms with Crippen LogP contribution in [0.2, 0.25) is 0 Å². The lowest BCUT2D eigenvalue weighted by Crippen LogP contribution is -2.58. The highest BCUT2D eigenvalue weighted by molar-refractivity contribution is 5.96. The number of carbonyl (C=O) groups excluding carboxylic acids is 1. The molecule has 1 amide bonds. The predicted molar refractivity (Wildman–Crippen MR) is 121 cm³/mol. The SMILES string of the molecule is [2H]C([2H])([2H])c1ccc(-n2nccn2)c(C(=O)N2C[C@@H](C)O[C@@H](C)[C@H]2CNc2ncc(C(F)(F)F)cc2C)n1. The predicted octanol–water partition coefficient (Wildman–Crippen LogP) is 3.42. The van der Waals surface area contributed by atoms with Gasteiger partial charge in [-0.05, 0) is 51.4 Å². The van der Waals surface area contributed by atoms with Crippen molar-refractivity contribution in [1.82, 2.24) is 29.9 Å². The van der Waals surface area contributed by atoms with Crippen molar-refractivity contribution in [3.05, 3.63) is 59.3 Å². The Morgan fingerprint density at radius 2 is 2.03 bits per heavy atom. The molecule has 0 radical (unpaired) electrons. The second kappa shape index (κ2) is 9.61. The van der Waals surface area contributed by atoms with Crippen LogP contribution in [0.3, 0.4) is 0 Å². The van der Waals surface area contributed by atoms with Crippen molar-refractivity contribution in [3.63, 3.8) is 0 Å². The Bertz CT molecular complexity index is 1300. The van der Waals surface area contributed by atoms with E-state index >= 15 is 0 Å². The molecule has 0 unspecified atom stereocenters. The summed E-state index contributed by atoms with van der Waals surface area (Å²) in [5.74, 6) is -0.325. The van der Waals surface area contributed by atoms with Crippen molar-refractivity contribution < 1.29 is 26.8 Å². The molecule has 0 spiro atoms. The molecule has 3 aromatic heterocycles. The summed E-state index contributed by atoms with van der Waals surface area (Å²) < 4.78 is 68.2. The maximum Gasteiger partial charge on any atom is 0.417 e. The van der Waals surface area contributed by atoms with Crippen LogP contribution in [0.25, 0.3) is 5.69 Å². The zero-order chi connectivity index (χ0) is 27.8. The minimum Gasteiger partial charge on any atom is -0.372 e. The number of nitrogens with one attached hydrogen (secondary N) is 1. The van der Waals surface area contributed by atoms with E-state index in [4.69, 9.17) is 8.85 Å². The van der Waals surface area contributed by atoms with Crippen molar-refractivity contribution in [2.24, 2.45) is 0 Å². The molecule has 1 saturated heterocycles. The number of halogens is 3. The van der Waals surface area contributed by atoms with Crippen LogP contribution >= 0.6 is 0 Å². The Balaban J connectivity index is 1.66. The molecule has 9 nitrogen and oxygen atoms in total. The minimum absolute atomic E-state index is 0.104. The molecule has 0 saturated carbocycles. The second-order valence-electron chi connectivity index (χ2n) is 8.33. The number of carbonyl (C=O) groups is 1. The van der Waals surface area contributed by atoms with Gasteiger partial charge >= 0.3 is 6.18 Å². The number of anilines is 1. The molecule has 1 aliphatic rings. The first-order valence-corrected chi connectivity index (χ1v) is 10.9. The van der Waals surface area contributed by atoms with Gasteiger partial charge in [0, 0.05) is 29.1 Å². The number of amides is 1. The van der Waals surface area contributed by atoms with Gasteiger partial charge in [0.2, 0.25) is 0 Å². The molecule has 0 aliphatic carbocycles. The first kappa shape index (κ1) is 20.8. The molecule has 1 fully saturated rings. The third kappa shape index (κ3) is 5.26. The van der Waals surface area contributed by atoms with Crippen LogP contribution in [0.1, 0.15) is 45.3 Å². The van der Waals surface area contributed by atoms with Gasteiger partial charge in [0.15, 0.2) is 5.69 Å². The number of aromatic nitrogens is 5. The molecule has 0 aromatic carbocycles. The highest BCUT2D eigenvalue weighted by Gasteiger charge is 2.38. The molecule has 12 heteroatoms. The summed E-state index contributed by atoms with van der Waals surface area (Å²) in [4.78, 5) is 24.7. The summed E-state index contributed by atoms with van der Waals surface area (Å²) in [6.45, 7) is 2.79. The van der Waals surface area contributed by atoms with Crippen molar-refractivity contribution in [2.75, 3.05) is 18.4 Å². The fourth-order valence-corrected chi connectivity index (χ4v) is 4.04. The van der Waals surface area contributed by atoms with E-state index in [1.165, 1.54) is 41.1 Å². The fraction of sp³-hybridized carbons (Fsp3) is 0.435. The monoisotopic (exact) mass is 492 g/mol. The Kier molecular flexibility index (Phi) is 5.71. The number of hydrogen-bond donors (Lipinski definition) is 1. The summed E-state index contributed by atoms with van der Waals surface area (Å²) in [7, 11) is 0. The molecule has 4 rings (SSSR count). The van der Waals surface area contributed by atoms with Gasteiger partial charge in [0.25, 0.3) is 5.91 Å². The van der Waals surface area contributed by atoms with E-state index < -0.39 is 36.6 Å². The Labute approximate surface area is 204 Å². The lowest BCUT2D eigenvalue weighted by Gasteiger charge is -2.43. The Morgan fingerprint density at radius 1 is 1.29 bits per heavy atom. The normalized spacial score (nSPS) is 22.3. The standard InChI is InChI=1S/C23H26F3N7O2/c1-13-9-17(23(24,25)26)10-27-21(13)28-11-19-16(4)35-15(3)12-32(19)22(34)20-18(6-5-14(2)31-20)33-29-7-8-30-33/h5-10,15-16,19H,11-12H2,1-4H3,(H,27,28)/t15-,16+,19-/m1/s1/i2D3. The molecular weight excluding hydrogens is 463 g/mol. The third-order valence-corrected chi connectivity index (χ3v) is 5.70. The molecule has 35 heavy (non-hydrogen) atoms. The van der Waals surface area contributed by atoms with Crippen LogP contribution in [0.15, 0.2) is 36.8 Å². The van der Waals surface area contributed by atoms with E-state index in [9.17, 15) is 18.0 Å². The van der Waals surface area contributed by atoms with E-state index in [0.29, 0.717) is 0 Å². The average molecular weight is 493 g/mol. The van der Waals surface area contributed by atoms with Gasteiger partial charge in [0.1, 0.15) is 11.5 Å². The van der Waals surface area contributed by atoms with Gasteiger partial charge in [-0.25, -0.2) is 9.97 Å². The summed E-state index contributed by atoms with van der Waals surface area (Å²) >= 11 is 0. The van der Waals surface area contributed by atoms with Crippen LogP contribution in [-0.2, 0) is 10.9 Å². The van der Waals surface area contributed by atoms with Crippen LogP contribution < -0.4 is 5.32 Å². The number of pyridine rings is 2. The maximum atomic E-state index is 13.9. The van der Waals surface area contributed by atoms with Gasteiger partial charge in [0.05, 0.1) is 36.2 Å². The largest absolute Gasteiger partial charge is 0.417 e. The van der Waals surface area contributed by atoms with Gasteiger partial charge in [-0.15, -0.1) is 4.80 Å². The quantitative estimate of drug-likeness (QED) is 0.583. The van der Waals surface area contributed by atoms with E-state index in [1.807, 2.05) is 0 Å². The summed E-state index contributed by atoms with van der Waals surface area (Å²) in [5, 5.41) is 11.1. The zero-order valence-corrected chi connectivity index (χ0v) is 19.2. The minimum atomic E-state index is -4.52. The fourth-order valence-electron chi connectivity index (χ4n) is 4.04. The number of alkyl halides is 3. The highest BCUT2D eigenvalue weighted by atomic mass is 19.4. The lowest BCUT2D eigenvalue weighted by molar-refractivity contribution is -0.137. The molecule has 1 aliphatic heterocycles. The lowest BCUT2D eigenvalue weighted by atomic mass is 10.0. The number of nitrogens with zero attached hydrogens (tertiary/aromatic N) is 6. The number of rotatable bonds is 5. The van der Waals surface area contributed by atoms with E-state index in [-0.39, 0.29) is 47.7 Å². The Morgan fingerprint density at radius 3 is 2.69 bits per heavy atom. The summed E-state index contributed by atoms with van der Waals surface area (Å²) in [6, 6.07) is 3.14. The maximum absolute atomic E-state index is 13.9. The number of aryl methyl sites for hydroxylation is 2. The number of morpholine rings is 1. The molecule has 186 valence electrons. The number of ether oxygens (including phenoxy) is 1. The van der Waals surface area contributed by atoms with E-state index in [0.717, 1.165) is 12.3 Å². The molecule has 1 N–H and O–H groups in total. The Hall–Kier alpha value is -3.54. The van der Waals surface area contributed by atoms with Gasteiger partial charge in [-0.2, -0.15) is 23.4 Å². The van der Waals surface area contributed by atoms with Crippen molar-refractivity contribution in [1.29, 1.82) is 0 Å². The van der Waals surface area contributed by atoms with Crippen molar-refractivity contribution in [3.8, 4) is 5.69 Å². The van der Waals surface area contributed by atoms with E-state index in [2.05, 4.69) is 25.5 Å². The first-order chi connectivity index (χ1) is 17.8. The van der Waals surface area contributed by atoms with Gasteiger partial charge < -0.3 is 15.0 Å². The van der Waals surface area contributed by atoms with E-state index in [1.54, 1.807) is 13.8 Å². The topological polar surface area (TPSA) is 98.1 Å². The van der Waals surface area contributed by atoms with Crippen LogP contribution in [0, 0.1) is 13.8 Å². The summed E-state index contributed by atoms with van der Waals surface area (Å²) in [6.07, 6.45) is -1.75. The molecule has 3 aromatic rings. The number of hydrogen-bond acceptors (Lipinski definition) is 7.